The molecule has 0 saturated heterocycles. The summed E-state index contributed by atoms with van der Waals surface area (Å²) in [5.74, 6) is 27.2. The van der Waals surface area contributed by atoms with E-state index < -0.39 is 0 Å². The molecule has 13 rings (SSSR count). The molecule has 0 atom stereocenters. The van der Waals surface area contributed by atoms with Crippen LogP contribution in [0, 0.1) is 47.4 Å². The van der Waals surface area contributed by atoms with Gasteiger partial charge in [-0.15, -0.1) is 0 Å². The van der Waals surface area contributed by atoms with Crippen molar-refractivity contribution < 1.29 is 9.59 Å². The minimum Gasteiger partial charge on any atom is -0.289 e. The summed E-state index contributed by atoms with van der Waals surface area (Å²) in [6.45, 7) is 0. The third-order valence-corrected chi connectivity index (χ3v) is 15.0. The van der Waals surface area contributed by atoms with Gasteiger partial charge in [0.1, 0.15) is 0 Å². The molecule has 2 heteroatoms. The predicted molar refractivity (Wildman–Crippen MR) is 352 cm³/mol. The SMILES string of the molecule is O=C1C(c2ccccc2)=C(c2cc(C#Cc3ccccc3)cc(C#Cc3ccccc3)c2)C(c2cccc(C3=C(c4ccccc4)C(=O)C(c4ccccc4)=C3c3cc(C#Cc4ccccc4)cc(C#Cc4ccccc4)c3)c2)=C1c1ccccc1. The molecule has 0 spiro atoms. The summed E-state index contributed by atoms with van der Waals surface area (Å²) in [4.78, 5) is 32.0. The molecule has 0 unspecified atom stereocenters. The van der Waals surface area contributed by atoms with Crippen LogP contribution >= 0.6 is 0 Å². The summed E-state index contributed by atoms with van der Waals surface area (Å²) in [6.07, 6.45) is 0. The number of rotatable bonds is 8. The van der Waals surface area contributed by atoms with Gasteiger partial charge in [0.25, 0.3) is 0 Å². The lowest BCUT2D eigenvalue weighted by Crippen LogP contribution is -2.02. The molecule has 86 heavy (non-hydrogen) atoms. The standard InChI is InChI=1S/C84H50O2/c85-83-79(67-34-17-5-18-35-67)75(77(81(83)69-38-21-7-22-39-69)73-54-63(48-44-59-26-9-1-10-27-59)52-64(55-73)49-45-60-28-11-2-12-29-60)71-42-25-43-72(58-71)76-78(82(70-40-23-8-24-41-70)84(86)80(76)68-36-19-6-20-37-68)74-56-65(50-46-61-30-13-3-14-31-61)53-66(57-74)51-47-62-32-15-4-16-33-62/h1-43,52-58H. The molecule has 0 bridgehead atoms. The average Bonchev–Trinajstić information content (AvgIpc) is 1.80. The summed E-state index contributed by atoms with van der Waals surface area (Å²) >= 11 is 0. The van der Waals surface area contributed by atoms with Gasteiger partial charge in [-0.05, 0) is 136 Å². The summed E-state index contributed by atoms with van der Waals surface area (Å²) in [5, 5.41) is 0. The summed E-state index contributed by atoms with van der Waals surface area (Å²) in [5.41, 5.74) is 17.9. The van der Waals surface area contributed by atoms with Crippen LogP contribution in [0.25, 0.3) is 44.6 Å². The molecule has 0 aliphatic heterocycles. The van der Waals surface area contributed by atoms with Crippen molar-refractivity contribution in [3.8, 4) is 47.4 Å². The first-order chi connectivity index (χ1) is 42.5. The highest BCUT2D eigenvalue weighted by molar-refractivity contribution is 6.60. The predicted octanol–water partition coefficient (Wildman–Crippen LogP) is 17.5. The van der Waals surface area contributed by atoms with E-state index in [9.17, 15) is 0 Å². The number of allylic oxidation sites excluding steroid dienone is 8. The second-order valence-electron chi connectivity index (χ2n) is 20.8. The molecule has 2 nitrogen and oxygen atoms in total. The second kappa shape index (κ2) is 24.6. The van der Waals surface area contributed by atoms with E-state index >= 15 is 9.59 Å². The fourth-order valence-electron chi connectivity index (χ4n) is 11.2. The molecule has 2 aliphatic rings. The van der Waals surface area contributed by atoms with Crippen LogP contribution < -0.4 is 0 Å². The van der Waals surface area contributed by atoms with Crippen molar-refractivity contribution in [2.45, 2.75) is 0 Å². The monoisotopic (exact) mass is 1090 g/mol. The zero-order valence-electron chi connectivity index (χ0n) is 46.7. The normalized spacial score (nSPS) is 12.6. The van der Waals surface area contributed by atoms with Crippen LogP contribution in [0.4, 0.5) is 0 Å². The van der Waals surface area contributed by atoms with E-state index in [0.717, 1.165) is 111 Å². The fraction of sp³-hybridized carbons (Fsp3) is 0. The maximum Gasteiger partial charge on any atom is 0.195 e. The number of hydrogen-bond acceptors (Lipinski definition) is 2. The fourth-order valence-corrected chi connectivity index (χ4v) is 11.2. The first kappa shape index (κ1) is 53.3. The Morgan fingerprint density at radius 2 is 0.349 bits per heavy atom. The smallest absolute Gasteiger partial charge is 0.195 e. The van der Waals surface area contributed by atoms with Crippen LogP contribution in [0.5, 0.6) is 0 Å². The Labute approximate surface area is 502 Å². The van der Waals surface area contributed by atoms with Crippen molar-refractivity contribution in [2.24, 2.45) is 0 Å². The van der Waals surface area contributed by atoms with Crippen molar-refractivity contribution in [1.82, 2.24) is 0 Å². The number of carbonyl (C=O) groups excluding carboxylic acids is 2. The van der Waals surface area contributed by atoms with Gasteiger partial charge in [0.2, 0.25) is 0 Å². The molecule has 2 aliphatic carbocycles. The maximum absolute atomic E-state index is 16.0. The van der Waals surface area contributed by atoms with E-state index in [1.165, 1.54) is 0 Å². The van der Waals surface area contributed by atoms with Gasteiger partial charge in [0, 0.05) is 89.1 Å². The van der Waals surface area contributed by atoms with Crippen molar-refractivity contribution in [3.63, 3.8) is 0 Å². The van der Waals surface area contributed by atoms with Gasteiger partial charge >= 0.3 is 0 Å². The quantitative estimate of drug-likeness (QED) is 0.142. The lowest BCUT2D eigenvalue weighted by atomic mass is 9.84. The molecular formula is C84H50O2. The third kappa shape index (κ3) is 11.4. The Balaban J connectivity index is 1.08. The Hall–Kier alpha value is -12.0. The zero-order valence-corrected chi connectivity index (χ0v) is 46.7. The minimum absolute atomic E-state index is 0.111. The summed E-state index contributed by atoms with van der Waals surface area (Å²) < 4.78 is 0. The van der Waals surface area contributed by atoms with Gasteiger partial charge in [-0.2, -0.15) is 0 Å². The molecule has 398 valence electrons. The highest BCUT2D eigenvalue weighted by Crippen LogP contribution is 2.53. The Bertz CT molecular complexity index is 4370. The molecule has 0 saturated carbocycles. The van der Waals surface area contributed by atoms with Crippen LogP contribution in [-0.2, 0) is 9.59 Å². The Kier molecular flexibility index (Phi) is 15.2. The van der Waals surface area contributed by atoms with Gasteiger partial charge in [0.15, 0.2) is 11.6 Å². The van der Waals surface area contributed by atoms with Crippen LogP contribution in [0.3, 0.4) is 0 Å². The Morgan fingerprint density at radius 3 is 0.593 bits per heavy atom. The number of benzene rings is 11. The van der Waals surface area contributed by atoms with Gasteiger partial charge in [-0.3, -0.25) is 9.59 Å². The summed E-state index contributed by atoms with van der Waals surface area (Å²) in [7, 11) is 0. The van der Waals surface area contributed by atoms with Crippen molar-refractivity contribution in [1.29, 1.82) is 0 Å². The van der Waals surface area contributed by atoms with E-state index in [2.05, 4.69) is 89.8 Å². The summed E-state index contributed by atoms with van der Waals surface area (Å²) in [6, 6.07) is 100. The first-order valence-electron chi connectivity index (χ1n) is 28.5. The van der Waals surface area contributed by atoms with Crippen LogP contribution in [0.15, 0.2) is 303 Å². The lowest BCUT2D eigenvalue weighted by molar-refractivity contribution is -0.109. The molecule has 11 aromatic rings. The molecule has 0 N–H and O–H groups in total. The van der Waals surface area contributed by atoms with E-state index in [-0.39, 0.29) is 11.6 Å². The zero-order chi connectivity index (χ0) is 58.0. The molecule has 0 amide bonds. The van der Waals surface area contributed by atoms with Gasteiger partial charge in [-0.1, -0.05) is 260 Å². The maximum atomic E-state index is 16.0. The lowest BCUT2D eigenvalue weighted by Gasteiger charge is -2.18. The van der Waals surface area contributed by atoms with Crippen LogP contribution in [0.2, 0.25) is 0 Å². The van der Waals surface area contributed by atoms with E-state index in [4.69, 9.17) is 0 Å². The molecule has 0 aromatic heterocycles. The number of ketones is 2. The largest absolute Gasteiger partial charge is 0.289 e. The molecule has 0 heterocycles. The minimum atomic E-state index is -0.111. The molecule has 11 aromatic carbocycles. The van der Waals surface area contributed by atoms with Gasteiger partial charge in [0.05, 0.1) is 0 Å². The Morgan fingerprint density at radius 1 is 0.151 bits per heavy atom. The average molecular weight is 1090 g/mol. The number of carbonyl (C=O) groups is 2. The number of hydrogen-bond donors (Lipinski definition) is 0. The second-order valence-corrected chi connectivity index (χ2v) is 20.8. The first-order valence-corrected chi connectivity index (χ1v) is 28.5. The molecular weight excluding hydrogens is 1040 g/mol. The van der Waals surface area contributed by atoms with Crippen LogP contribution in [0.1, 0.15) is 89.0 Å². The highest BCUT2D eigenvalue weighted by Gasteiger charge is 2.38. The van der Waals surface area contributed by atoms with E-state index in [0.29, 0.717) is 22.3 Å². The molecule has 0 radical (unpaired) electrons. The molecule has 0 fully saturated rings. The van der Waals surface area contributed by atoms with Gasteiger partial charge in [-0.25, -0.2) is 0 Å². The van der Waals surface area contributed by atoms with Crippen molar-refractivity contribution in [3.05, 3.63) is 392 Å². The van der Waals surface area contributed by atoms with E-state index in [1.807, 2.05) is 261 Å². The van der Waals surface area contributed by atoms with Gasteiger partial charge < -0.3 is 0 Å². The highest BCUT2D eigenvalue weighted by atomic mass is 16.1. The third-order valence-electron chi connectivity index (χ3n) is 15.0. The van der Waals surface area contributed by atoms with Crippen LogP contribution in [-0.4, -0.2) is 11.6 Å². The topological polar surface area (TPSA) is 34.1 Å². The van der Waals surface area contributed by atoms with Crippen molar-refractivity contribution in [2.75, 3.05) is 0 Å². The van der Waals surface area contributed by atoms with E-state index in [1.54, 1.807) is 0 Å². The number of Topliss-reactive ketones (excluding diaryl/α,β-unsaturated/α-hetero) is 2. The van der Waals surface area contributed by atoms with Crippen molar-refractivity contribution >= 4 is 56.2 Å².